The Balaban J connectivity index is 1.92. The summed E-state index contributed by atoms with van der Waals surface area (Å²) < 4.78 is 0. The lowest BCUT2D eigenvalue weighted by Crippen LogP contribution is -2.24. The number of benzene rings is 1. The smallest absolute Gasteiger partial charge is 0.335 e. The Morgan fingerprint density at radius 2 is 1.60 bits per heavy atom. The van der Waals surface area contributed by atoms with Crippen molar-refractivity contribution in [1.82, 2.24) is 0 Å². The predicted molar refractivity (Wildman–Crippen MR) is 117 cm³/mol. The van der Waals surface area contributed by atoms with Crippen molar-refractivity contribution in [2.24, 2.45) is 0 Å². The van der Waals surface area contributed by atoms with Crippen LogP contribution in [0.4, 0.5) is 5.69 Å². The maximum Gasteiger partial charge on any atom is 0.335 e. The van der Waals surface area contributed by atoms with E-state index < -0.39 is 17.5 Å². The molecule has 0 fully saturated rings. The van der Waals surface area contributed by atoms with Gasteiger partial charge >= 0.3 is 5.97 Å². The zero-order chi connectivity index (χ0) is 21.9. The molecule has 0 saturated carbocycles. The number of aliphatic hydroxyl groups is 1. The molecule has 0 heterocycles. The summed E-state index contributed by atoms with van der Waals surface area (Å²) in [7, 11) is 0. The van der Waals surface area contributed by atoms with E-state index in [0.717, 1.165) is 31.8 Å². The first-order valence-corrected chi connectivity index (χ1v) is 10.8. The number of anilines is 1. The van der Waals surface area contributed by atoms with Gasteiger partial charge in [0.25, 0.3) is 0 Å². The third kappa shape index (κ3) is 6.87. The molecule has 6 nitrogen and oxygen atoms in total. The summed E-state index contributed by atoms with van der Waals surface area (Å²) in [4.78, 5) is 35.4. The quantitative estimate of drug-likeness (QED) is 0.222. The Morgan fingerprint density at radius 3 is 2.23 bits per heavy atom. The molecule has 30 heavy (non-hydrogen) atoms. The Bertz CT molecular complexity index is 838. The van der Waals surface area contributed by atoms with E-state index in [-0.39, 0.29) is 22.6 Å². The van der Waals surface area contributed by atoms with Gasteiger partial charge < -0.3 is 15.5 Å². The van der Waals surface area contributed by atoms with E-state index in [1.165, 1.54) is 44.2 Å². The predicted octanol–water partition coefficient (Wildman–Crippen LogP) is 5.57. The van der Waals surface area contributed by atoms with Gasteiger partial charge in [-0.1, -0.05) is 64.4 Å². The molecule has 0 atom stereocenters. The van der Waals surface area contributed by atoms with Crippen LogP contribution in [-0.4, -0.2) is 27.7 Å². The van der Waals surface area contributed by atoms with Gasteiger partial charge in [0, 0.05) is 17.3 Å². The zero-order valence-corrected chi connectivity index (χ0v) is 17.6. The van der Waals surface area contributed by atoms with Crippen molar-refractivity contribution in [3.63, 3.8) is 0 Å². The molecule has 0 spiro atoms. The number of carboxylic acids is 1. The highest BCUT2D eigenvalue weighted by Crippen LogP contribution is 2.26. The van der Waals surface area contributed by atoms with Gasteiger partial charge in [-0.15, -0.1) is 0 Å². The van der Waals surface area contributed by atoms with Gasteiger partial charge in [-0.05, 0) is 31.0 Å². The summed E-state index contributed by atoms with van der Waals surface area (Å²) in [5, 5.41) is 22.5. The van der Waals surface area contributed by atoms with Crippen LogP contribution in [0.1, 0.15) is 81.5 Å². The maximum absolute atomic E-state index is 12.2. The normalized spacial score (nSPS) is 14.1. The summed E-state index contributed by atoms with van der Waals surface area (Å²) in [6.07, 6.45) is 11.6. The minimum atomic E-state index is -1.08. The Hall–Kier alpha value is -2.89. The summed E-state index contributed by atoms with van der Waals surface area (Å²) in [6.45, 7) is 2.20. The number of carbonyl (C=O) groups excluding carboxylic acids is 2. The van der Waals surface area contributed by atoms with Gasteiger partial charge in [0.15, 0.2) is 0 Å². The SMILES string of the molecule is CCCCCCCCCCCC1=C(O)C(Nc2cccc(C(=O)O)c2)=CC(=O)C1=O. The van der Waals surface area contributed by atoms with Crippen molar-refractivity contribution in [3.05, 3.63) is 52.9 Å². The van der Waals surface area contributed by atoms with Crippen LogP contribution in [0.15, 0.2) is 47.4 Å². The summed E-state index contributed by atoms with van der Waals surface area (Å²) in [6, 6.07) is 6.04. The van der Waals surface area contributed by atoms with E-state index >= 15 is 0 Å². The molecule has 1 aliphatic rings. The molecular formula is C24H31NO5. The number of hydrogen-bond donors (Lipinski definition) is 3. The number of Topliss-reactive ketones (excluding diaryl/α,β-unsaturated/α-hetero) is 1. The molecule has 3 N–H and O–H groups in total. The second-order valence-electron chi connectivity index (χ2n) is 7.67. The van der Waals surface area contributed by atoms with Crippen LogP contribution >= 0.6 is 0 Å². The number of ketones is 2. The lowest BCUT2D eigenvalue weighted by atomic mass is 9.93. The summed E-state index contributed by atoms with van der Waals surface area (Å²) in [5.74, 6) is -2.67. The van der Waals surface area contributed by atoms with Crippen molar-refractivity contribution in [2.45, 2.75) is 71.1 Å². The highest BCUT2D eigenvalue weighted by molar-refractivity contribution is 6.48. The van der Waals surface area contributed by atoms with Gasteiger partial charge in [-0.3, -0.25) is 9.59 Å². The Morgan fingerprint density at radius 1 is 0.967 bits per heavy atom. The minimum Gasteiger partial charge on any atom is -0.505 e. The van der Waals surface area contributed by atoms with Gasteiger partial charge in [0.2, 0.25) is 11.6 Å². The number of aliphatic hydroxyl groups excluding tert-OH is 1. The van der Waals surface area contributed by atoms with Gasteiger partial charge in [0.1, 0.15) is 5.76 Å². The largest absolute Gasteiger partial charge is 0.505 e. The molecule has 6 heteroatoms. The van der Waals surface area contributed by atoms with Crippen molar-refractivity contribution in [1.29, 1.82) is 0 Å². The maximum atomic E-state index is 12.2. The molecule has 1 aromatic carbocycles. The van der Waals surface area contributed by atoms with Crippen LogP contribution in [-0.2, 0) is 9.59 Å². The zero-order valence-electron chi connectivity index (χ0n) is 17.6. The van der Waals surface area contributed by atoms with Crippen molar-refractivity contribution >= 4 is 23.2 Å². The van der Waals surface area contributed by atoms with Gasteiger partial charge in [0.05, 0.1) is 11.3 Å². The summed E-state index contributed by atoms with van der Waals surface area (Å²) in [5.41, 5.74) is 0.741. The van der Waals surface area contributed by atoms with Crippen LogP contribution in [0.3, 0.4) is 0 Å². The topological polar surface area (TPSA) is 104 Å². The molecule has 0 bridgehead atoms. The third-order valence-corrected chi connectivity index (χ3v) is 5.23. The average molecular weight is 414 g/mol. The van der Waals surface area contributed by atoms with Crippen LogP contribution in [0, 0.1) is 0 Å². The fraction of sp³-hybridized carbons (Fsp3) is 0.458. The van der Waals surface area contributed by atoms with E-state index in [1.54, 1.807) is 12.1 Å². The van der Waals surface area contributed by atoms with Crippen molar-refractivity contribution < 1.29 is 24.6 Å². The van der Waals surface area contributed by atoms with E-state index in [0.29, 0.717) is 12.1 Å². The van der Waals surface area contributed by atoms with E-state index in [9.17, 15) is 19.5 Å². The molecular weight excluding hydrogens is 382 g/mol. The van der Waals surface area contributed by atoms with Crippen LogP contribution in [0.5, 0.6) is 0 Å². The fourth-order valence-corrected chi connectivity index (χ4v) is 3.51. The molecule has 0 saturated heterocycles. The molecule has 0 aromatic heterocycles. The monoisotopic (exact) mass is 413 g/mol. The first kappa shape index (κ1) is 23.4. The number of carboxylic acid groups (broad SMARTS) is 1. The molecule has 162 valence electrons. The minimum absolute atomic E-state index is 0.0807. The first-order valence-electron chi connectivity index (χ1n) is 10.8. The first-order chi connectivity index (χ1) is 14.4. The number of rotatable bonds is 13. The lowest BCUT2D eigenvalue weighted by molar-refractivity contribution is -0.132. The lowest BCUT2D eigenvalue weighted by Gasteiger charge is -2.18. The molecule has 0 unspecified atom stereocenters. The second-order valence-corrected chi connectivity index (χ2v) is 7.67. The molecule has 0 radical (unpaired) electrons. The highest BCUT2D eigenvalue weighted by Gasteiger charge is 2.28. The number of aromatic carboxylic acids is 1. The van der Waals surface area contributed by atoms with Crippen LogP contribution in [0.25, 0.3) is 0 Å². The van der Waals surface area contributed by atoms with Crippen LogP contribution in [0.2, 0.25) is 0 Å². The van der Waals surface area contributed by atoms with Gasteiger partial charge in [-0.25, -0.2) is 4.79 Å². The standard InChI is InChI=1S/C24H31NO5/c1-2-3-4-5-6-7-8-9-10-14-19-22(27)20(16-21(26)23(19)28)25-18-13-11-12-17(15-18)24(29)30/h11-13,15-16,25,27H,2-10,14H2,1H3,(H,29,30). The number of hydrogen-bond acceptors (Lipinski definition) is 5. The Kier molecular flexibility index (Phi) is 9.32. The van der Waals surface area contributed by atoms with Gasteiger partial charge in [-0.2, -0.15) is 0 Å². The number of carbonyl (C=O) groups is 3. The van der Waals surface area contributed by atoms with E-state index in [2.05, 4.69) is 12.2 Å². The molecule has 1 aliphatic carbocycles. The van der Waals surface area contributed by atoms with Crippen molar-refractivity contribution in [3.8, 4) is 0 Å². The Labute approximate surface area is 177 Å². The van der Waals surface area contributed by atoms with E-state index in [4.69, 9.17) is 5.11 Å². The molecule has 0 aliphatic heterocycles. The molecule has 2 rings (SSSR count). The second kappa shape index (κ2) is 12.0. The van der Waals surface area contributed by atoms with Crippen LogP contribution < -0.4 is 5.32 Å². The third-order valence-electron chi connectivity index (χ3n) is 5.23. The molecule has 1 aromatic rings. The highest BCUT2D eigenvalue weighted by atomic mass is 16.4. The van der Waals surface area contributed by atoms with E-state index in [1.807, 2.05) is 0 Å². The molecule has 0 amide bonds. The average Bonchev–Trinajstić information content (AvgIpc) is 2.73. The summed E-state index contributed by atoms with van der Waals surface area (Å²) >= 11 is 0. The van der Waals surface area contributed by atoms with Crippen molar-refractivity contribution in [2.75, 3.05) is 5.32 Å². The number of nitrogens with one attached hydrogen (secondary N) is 1. The fourth-order valence-electron chi connectivity index (χ4n) is 3.51. The number of allylic oxidation sites excluding steroid dienone is 2. The number of unbranched alkanes of at least 4 members (excludes halogenated alkanes) is 8.